The molecule has 4 nitrogen and oxygen atoms in total. The summed E-state index contributed by atoms with van der Waals surface area (Å²) in [6.07, 6.45) is 1.57. The molecule has 0 fully saturated rings. The van der Waals surface area contributed by atoms with E-state index in [1.54, 1.807) is 17.7 Å². The number of nitrogens with zero attached hydrogens (tertiary/aromatic N) is 2. The second kappa shape index (κ2) is 6.04. The number of carboxylic acids is 1. The van der Waals surface area contributed by atoms with Gasteiger partial charge in [0.2, 0.25) is 0 Å². The molecular weight excluding hydrogens is 286 g/mol. The average Bonchev–Trinajstić information content (AvgIpc) is 2.73. The minimum absolute atomic E-state index is 0.109. The van der Waals surface area contributed by atoms with Crippen LogP contribution in [0.5, 0.6) is 0 Å². The van der Waals surface area contributed by atoms with Crippen LogP contribution in [0.2, 0.25) is 0 Å². The number of aryl methyl sites for hydroxylation is 1. The van der Waals surface area contributed by atoms with Crippen LogP contribution in [0.3, 0.4) is 0 Å². The van der Waals surface area contributed by atoms with Crippen LogP contribution >= 0.6 is 11.8 Å². The predicted octanol–water partition coefficient (Wildman–Crippen LogP) is 2.69. The molecule has 7 heteroatoms. The van der Waals surface area contributed by atoms with Crippen molar-refractivity contribution in [2.45, 2.75) is 18.6 Å². The molecule has 0 bridgehead atoms. The fourth-order valence-electron chi connectivity index (χ4n) is 1.71. The molecule has 0 radical (unpaired) electrons. The van der Waals surface area contributed by atoms with Crippen molar-refractivity contribution in [2.75, 3.05) is 5.75 Å². The SMILES string of the molecule is Cc1cnc(SCC(=O)O)n1Cc1cc(F)ccc1F. The fourth-order valence-corrected chi connectivity index (χ4v) is 2.45. The van der Waals surface area contributed by atoms with Crippen molar-refractivity contribution in [3.8, 4) is 0 Å². The summed E-state index contributed by atoms with van der Waals surface area (Å²) in [5.41, 5.74) is 0.949. The molecule has 0 aliphatic heterocycles. The topological polar surface area (TPSA) is 55.1 Å². The first-order valence-electron chi connectivity index (χ1n) is 5.78. The van der Waals surface area contributed by atoms with Crippen LogP contribution in [0.1, 0.15) is 11.3 Å². The number of rotatable bonds is 5. The van der Waals surface area contributed by atoms with Crippen LogP contribution in [0.15, 0.2) is 29.6 Å². The van der Waals surface area contributed by atoms with Gasteiger partial charge in [-0.1, -0.05) is 11.8 Å². The Morgan fingerprint density at radius 2 is 2.20 bits per heavy atom. The van der Waals surface area contributed by atoms with Crippen molar-refractivity contribution in [1.29, 1.82) is 0 Å². The summed E-state index contributed by atoms with van der Waals surface area (Å²) in [7, 11) is 0. The number of thioether (sulfide) groups is 1. The monoisotopic (exact) mass is 298 g/mol. The van der Waals surface area contributed by atoms with E-state index in [-0.39, 0.29) is 17.9 Å². The zero-order chi connectivity index (χ0) is 14.7. The average molecular weight is 298 g/mol. The Hall–Kier alpha value is -1.89. The number of carbonyl (C=O) groups is 1. The lowest BCUT2D eigenvalue weighted by molar-refractivity contribution is -0.133. The first kappa shape index (κ1) is 14.5. The van der Waals surface area contributed by atoms with Crippen LogP contribution in [0.4, 0.5) is 8.78 Å². The van der Waals surface area contributed by atoms with Gasteiger partial charge in [-0.05, 0) is 25.1 Å². The molecule has 1 heterocycles. The number of hydrogen-bond donors (Lipinski definition) is 1. The molecule has 106 valence electrons. The largest absolute Gasteiger partial charge is 0.481 e. The van der Waals surface area contributed by atoms with E-state index in [4.69, 9.17) is 5.11 Å². The van der Waals surface area contributed by atoms with Gasteiger partial charge in [-0.25, -0.2) is 13.8 Å². The summed E-state index contributed by atoms with van der Waals surface area (Å²) in [4.78, 5) is 14.7. The van der Waals surface area contributed by atoms with Gasteiger partial charge in [0, 0.05) is 17.5 Å². The van der Waals surface area contributed by atoms with E-state index in [1.165, 1.54) is 0 Å². The van der Waals surface area contributed by atoms with E-state index in [2.05, 4.69) is 4.98 Å². The standard InChI is InChI=1S/C13H12F2N2O2S/c1-8-5-16-13(20-7-12(18)19)17(8)6-9-4-10(14)2-3-11(9)15/h2-5H,6-7H2,1H3,(H,18,19). The van der Waals surface area contributed by atoms with Gasteiger partial charge in [0.1, 0.15) is 11.6 Å². The summed E-state index contributed by atoms with van der Waals surface area (Å²) in [6.45, 7) is 1.88. The van der Waals surface area contributed by atoms with E-state index in [9.17, 15) is 13.6 Å². The van der Waals surface area contributed by atoms with Gasteiger partial charge >= 0.3 is 5.97 Å². The maximum absolute atomic E-state index is 13.6. The smallest absolute Gasteiger partial charge is 0.313 e. The van der Waals surface area contributed by atoms with E-state index >= 15 is 0 Å². The van der Waals surface area contributed by atoms with Crippen LogP contribution in [-0.4, -0.2) is 26.4 Å². The van der Waals surface area contributed by atoms with E-state index in [1.807, 2.05) is 0 Å². The highest BCUT2D eigenvalue weighted by Gasteiger charge is 2.12. The van der Waals surface area contributed by atoms with Crippen LogP contribution in [0, 0.1) is 18.6 Å². The van der Waals surface area contributed by atoms with Gasteiger partial charge < -0.3 is 9.67 Å². The summed E-state index contributed by atoms with van der Waals surface area (Å²) in [5, 5.41) is 9.14. The predicted molar refractivity (Wildman–Crippen MR) is 70.8 cm³/mol. The zero-order valence-corrected chi connectivity index (χ0v) is 11.5. The molecule has 0 unspecified atom stereocenters. The van der Waals surface area contributed by atoms with Gasteiger partial charge in [0.15, 0.2) is 5.16 Å². The van der Waals surface area contributed by atoms with Gasteiger partial charge in [-0.2, -0.15) is 0 Å². The molecule has 0 aliphatic carbocycles. The highest BCUT2D eigenvalue weighted by Crippen LogP contribution is 2.21. The molecule has 0 amide bonds. The van der Waals surface area contributed by atoms with Gasteiger partial charge in [0.05, 0.1) is 12.3 Å². The highest BCUT2D eigenvalue weighted by molar-refractivity contribution is 7.99. The second-order valence-corrected chi connectivity index (χ2v) is 5.13. The lowest BCUT2D eigenvalue weighted by Crippen LogP contribution is -2.07. The third-order valence-electron chi connectivity index (χ3n) is 2.68. The molecule has 0 aliphatic rings. The number of aliphatic carboxylic acids is 1. The van der Waals surface area contributed by atoms with Crippen molar-refractivity contribution < 1.29 is 18.7 Å². The van der Waals surface area contributed by atoms with Crippen LogP contribution in [0.25, 0.3) is 0 Å². The molecule has 1 N–H and O–H groups in total. The molecule has 1 aromatic carbocycles. The lowest BCUT2D eigenvalue weighted by atomic mass is 10.2. The van der Waals surface area contributed by atoms with Crippen LogP contribution < -0.4 is 0 Å². The third-order valence-corrected chi connectivity index (χ3v) is 3.65. The van der Waals surface area contributed by atoms with Crippen LogP contribution in [-0.2, 0) is 11.3 Å². The molecule has 20 heavy (non-hydrogen) atoms. The maximum atomic E-state index is 13.6. The summed E-state index contributed by atoms with van der Waals surface area (Å²) in [5.74, 6) is -2.12. The number of halogens is 2. The number of imidazole rings is 1. The Kier molecular flexibility index (Phi) is 4.39. The number of benzene rings is 1. The molecule has 0 saturated heterocycles. The normalized spacial score (nSPS) is 10.8. The summed E-state index contributed by atoms with van der Waals surface area (Å²) >= 11 is 1.04. The maximum Gasteiger partial charge on any atom is 0.313 e. The first-order chi connectivity index (χ1) is 9.47. The number of aromatic nitrogens is 2. The van der Waals surface area contributed by atoms with Crippen molar-refractivity contribution in [1.82, 2.24) is 9.55 Å². The highest BCUT2D eigenvalue weighted by atomic mass is 32.2. The third kappa shape index (κ3) is 3.36. The molecule has 2 rings (SSSR count). The molecule has 0 atom stereocenters. The van der Waals surface area contributed by atoms with Gasteiger partial charge in [-0.15, -0.1) is 0 Å². The minimum atomic E-state index is -0.959. The van der Waals surface area contributed by atoms with E-state index in [0.29, 0.717) is 5.16 Å². The van der Waals surface area contributed by atoms with Crippen molar-refractivity contribution in [3.63, 3.8) is 0 Å². The molecular formula is C13H12F2N2O2S. The Morgan fingerprint density at radius 1 is 1.45 bits per heavy atom. The van der Waals surface area contributed by atoms with E-state index < -0.39 is 17.6 Å². The number of hydrogen-bond acceptors (Lipinski definition) is 3. The van der Waals surface area contributed by atoms with Crippen molar-refractivity contribution >= 4 is 17.7 Å². The van der Waals surface area contributed by atoms with Gasteiger partial charge in [0.25, 0.3) is 0 Å². The molecule has 0 saturated carbocycles. The first-order valence-corrected chi connectivity index (χ1v) is 6.76. The number of carboxylic acid groups (broad SMARTS) is 1. The lowest BCUT2D eigenvalue weighted by Gasteiger charge is -2.10. The Labute approximate surface area is 118 Å². The Bertz CT molecular complexity index is 643. The quantitative estimate of drug-likeness (QED) is 0.862. The van der Waals surface area contributed by atoms with Gasteiger partial charge in [-0.3, -0.25) is 4.79 Å². The Balaban J connectivity index is 2.26. The zero-order valence-electron chi connectivity index (χ0n) is 10.6. The minimum Gasteiger partial charge on any atom is -0.481 e. The summed E-state index contributed by atoms with van der Waals surface area (Å²) in [6, 6.07) is 3.25. The fraction of sp³-hybridized carbons (Fsp3) is 0.231. The Morgan fingerprint density at radius 3 is 2.90 bits per heavy atom. The van der Waals surface area contributed by atoms with Crippen molar-refractivity contribution in [2.24, 2.45) is 0 Å². The summed E-state index contributed by atoms with van der Waals surface area (Å²) < 4.78 is 28.5. The van der Waals surface area contributed by atoms with Crippen molar-refractivity contribution in [3.05, 3.63) is 47.3 Å². The molecule has 1 aromatic heterocycles. The second-order valence-electron chi connectivity index (χ2n) is 4.19. The molecule has 0 spiro atoms. The van der Waals surface area contributed by atoms with E-state index in [0.717, 1.165) is 35.7 Å². The molecule has 2 aromatic rings.